The highest BCUT2D eigenvalue weighted by Gasteiger charge is 2.34. The molecule has 65 heavy (non-hydrogen) atoms. The number of H-pyrrole nitrogens is 1. The fourth-order valence-corrected chi connectivity index (χ4v) is 9.02. The number of amides is 2. The monoisotopic (exact) mass is 936 g/mol. The van der Waals surface area contributed by atoms with Crippen LogP contribution in [0.4, 0.5) is 5.69 Å². The molecule has 4 unspecified atom stereocenters. The van der Waals surface area contributed by atoms with E-state index in [1.54, 1.807) is 30.3 Å². The molecule has 0 spiro atoms. The first-order chi connectivity index (χ1) is 30.9. The molecular weight excluding hydrogens is 882 g/mol. The van der Waals surface area contributed by atoms with Crippen molar-refractivity contribution in [2.45, 2.75) is 65.0 Å². The fraction of sp³-hybridized carbons (Fsp3) is 0.372. The van der Waals surface area contributed by atoms with E-state index in [-0.39, 0.29) is 61.1 Å². The van der Waals surface area contributed by atoms with Crippen molar-refractivity contribution >= 4 is 49.6 Å². The Hall–Kier alpha value is -6.19. The molecule has 348 valence electrons. The number of hydrogen-bond donors (Lipinski definition) is 7. The zero-order valence-corrected chi connectivity index (χ0v) is 38.6. The number of carboxylic acid groups (broad SMARTS) is 1. The van der Waals surface area contributed by atoms with Gasteiger partial charge in [-0.25, -0.2) is 19.0 Å². The maximum atomic E-state index is 14.7. The molecule has 0 bridgehead atoms. The normalized spacial score (nSPS) is 14.2. The molecule has 0 aliphatic carbocycles. The second-order valence-corrected chi connectivity index (χ2v) is 18.8. The van der Waals surface area contributed by atoms with E-state index in [0.29, 0.717) is 41.8 Å². The van der Waals surface area contributed by atoms with Crippen molar-refractivity contribution in [3.05, 3.63) is 88.5 Å². The molecule has 3 aromatic carbocycles. The molecule has 0 saturated heterocycles. The van der Waals surface area contributed by atoms with Gasteiger partial charge in [-0.05, 0) is 99.2 Å². The Labute approximate surface area is 375 Å². The number of ether oxygens (including phenoxy) is 1. The number of nitrogens with zero attached hydrogens (tertiary/aromatic N) is 3. The highest BCUT2D eigenvalue weighted by molar-refractivity contribution is 7.65. The maximum absolute atomic E-state index is 14.7. The lowest BCUT2D eigenvalue weighted by Gasteiger charge is -2.25. The van der Waals surface area contributed by atoms with Crippen LogP contribution in [-0.4, -0.2) is 92.9 Å². The number of hydrogen-bond acceptors (Lipinski definition) is 12. The number of phenols is 1. The third kappa shape index (κ3) is 13.0. The summed E-state index contributed by atoms with van der Waals surface area (Å²) in [4.78, 5) is 50.7. The summed E-state index contributed by atoms with van der Waals surface area (Å²) in [6.07, 6.45) is 8.58. The van der Waals surface area contributed by atoms with E-state index in [1.165, 1.54) is 43.7 Å². The van der Waals surface area contributed by atoms with Crippen molar-refractivity contribution in [1.29, 1.82) is 0 Å². The third-order valence-corrected chi connectivity index (χ3v) is 13.1. The lowest BCUT2D eigenvalue weighted by Crippen LogP contribution is -2.47. The number of unbranched alkanes of at least 4 members (excludes halogenated alkanes) is 2. The van der Waals surface area contributed by atoms with Crippen LogP contribution in [0, 0.1) is 12.1 Å². The van der Waals surface area contributed by atoms with Crippen molar-refractivity contribution in [2.24, 2.45) is 7.05 Å². The Balaban J connectivity index is 1.31. The lowest BCUT2D eigenvalue weighted by atomic mass is 9.98. The van der Waals surface area contributed by atoms with Crippen LogP contribution >= 0.6 is 15.3 Å². The van der Waals surface area contributed by atoms with E-state index in [4.69, 9.17) is 24.7 Å². The molecule has 0 aliphatic heterocycles. The minimum atomic E-state index is -4.59. The molecule has 2 aromatic heterocycles. The smallest absolute Gasteiger partial charge is 0.459 e. The first-order valence-electron chi connectivity index (χ1n) is 20.6. The molecule has 5 aromatic rings. The molecule has 0 radical (unpaired) electrons. The summed E-state index contributed by atoms with van der Waals surface area (Å²) in [5.74, 6) is -3.04. The number of aryl methyl sites for hydroxylation is 1. The SMILES string of the molecule is C#CP(=O)(Nc1ccc(C(=O)NCCCCCOP(=O)(NC(C)C(=O)NC(C)C(=O)O)Oc2cc(O)c(C(C)C)cc2-c2n[nH]c(=O)n2-c2ccc3c(ccn3C)c2)cc1)OCCOC. The number of terminal acetylenes is 1. The molecule has 0 fully saturated rings. The Kier molecular flexibility index (Phi) is 17.0. The van der Waals surface area contributed by atoms with Crippen LogP contribution in [0.5, 0.6) is 11.5 Å². The number of anilines is 1. The number of methoxy groups -OCH3 is 1. The number of carbonyl (C=O) groups is 3. The minimum Gasteiger partial charge on any atom is -0.508 e. The van der Waals surface area contributed by atoms with Gasteiger partial charge < -0.3 is 44.3 Å². The van der Waals surface area contributed by atoms with Crippen molar-refractivity contribution in [3.8, 4) is 40.7 Å². The Morgan fingerprint density at radius 2 is 1.68 bits per heavy atom. The predicted molar refractivity (Wildman–Crippen MR) is 244 cm³/mol. The molecule has 2 heterocycles. The number of phenolic OH excluding ortho intramolecular Hbond substituents is 1. The fourth-order valence-electron chi connectivity index (χ4n) is 6.45. The lowest BCUT2D eigenvalue weighted by molar-refractivity contribution is -0.141. The number of aliphatic carboxylic acids is 1. The van der Waals surface area contributed by atoms with E-state index in [2.05, 4.69) is 36.7 Å². The van der Waals surface area contributed by atoms with Crippen LogP contribution in [0.15, 0.2) is 71.7 Å². The molecular formula is C43H54N8O12P2. The van der Waals surface area contributed by atoms with Gasteiger partial charge in [0.25, 0.3) is 5.91 Å². The first kappa shape index (κ1) is 49.8. The highest BCUT2D eigenvalue weighted by Crippen LogP contribution is 2.50. The summed E-state index contributed by atoms with van der Waals surface area (Å²) < 4.78 is 52.9. The van der Waals surface area contributed by atoms with Crippen LogP contribution in [0.2, 0.25) is 0 Å². The maximum Gasteiger partial charge on any atom is 0.459 e. The van der Waals surface area contributed by atoms with Gasteiger partial charge >= 0.3 is 26.9 Å². The van der Waals surface area contributed by atoms with Crippen LogP contribution in [-0.2, 0) is 39.6 Å². The quantitative estimate of drug-likeness (QED) is 0.0210. The second-order valence-electron chi connectivity index (χ2n) is 15.3. The Morgan fingerprint density at radius 3 is 2.35 bits per heavy atom. The van der Waals surface area contributed by atoms with Crippen LogP contribution in [0.1, 0.15) is 68.8 Å². The molecule has 4 atom stereocenters. The topological polar surface area (TPSA) is 266 Å². The summed E-state index contributed by atoms with van der Waals surface area (Å²) in [7, 11) is -4.83. The zero-order chi connectivity index (χ0) is 47.5. The Morgan fingerprint density at radius 1 is 0.938 bits per heavy atom. The van der Waals surface area contributed by atoms with Crippen LogP contribution in [0.3, 0.4) is 0 Å². The van der Waals surface area contributed by atoms with E-state index in [1.807, 2.05) is 43.8 Å². The minimum absolute atomic E-state index is 0.0275. The molecule has 7 N–H and O–H groups in total. The van der Waals surface area contributed by atoms with Gasteiger partial charge in [0.15, 0.2) is 5.82 Å². The van der Waals surface area contributed by atoms with Gasteiger partial charge in [-0.1, -0.05) is 13.8 Å². The molecule has 22 heteroatoms. The van der Waals surface area contributed by atoms with Crippen molar-refractivity contribution in [2.75, 3.05) is 38.6 Å². The average Bonchev–Trinajstić information content (AvgIpc) is 3.84. The molecule has 20 nitrogen and oxygen atoms in total. The summed E-state index contributed by atoms with van der Waals surface area (Å²) in [5, 5.41) is 38.6. The summed E-state index contributed by atoms with van der Waals surface area (Å²) in [6, 6.07) is 13.7. The molecule has 5 rings (SSSR count). The van der Waals surface area contributed by atoms with Gasteiger partial charge in [-0.2, -0.15) is 10.2 Å². The molecule has 0 aliphatic rings. The van der Waals surface area contributed by atoms with Gasteiger partial charge in [0.2, 0.25) is 5.91 Å². The summed E-state index contributed by atoms with van der Waals surface area (Å²) in [5.41, 5.74) is 4.27. The largest absolute Gasteiger partial charge is 0.508 e. The Bertz CT molecular complexity index is 2690. The van der Waals surface area contributed by atoms with E-state index >= 15 is 0 Å². The van der Waals surface area contributed by atoms with Crippen molar-refractivity contribution in [1.82, 2.24) is 35.1 Å². The van der Waals surface area contributed by atoms with E-state index in [9.17, 15) is 38.5 Å². The number of fused-ring (bicyclic) bond motifs is 1. The number of aromatic nitrogens is 4. The second kappa shape index (κ2) is 22.1. The number of carbonyl (C=O) groups excluding carboxylic acids is 2. The standard InChI is InChI=1S/C43H54N8O12P2/c1-8-64(58,61-23-22-60-7)49-32-14-12-30(13-15-32)41(54)44-19-10-9-11-21-62-65(59,48-28(4)40(53)45-29(5)42(55)56)63-38-26-37(52)34(27(2)3)25-35(38)39-46-47-43(57)51(39)33-16-17-36-31(24-33)18-20-50(36)6/h1,12-18,20,24-29,52H,9-11,19,21-23H2,2-7H3,(H,44,54)(H,45,53)(H,47,57)(H,48,59)(H,49,58)(H,55,56). The number of nitrogens with one attached hydrogen (secondary N) is 5. The number of benzene rings is 3. The van der Waals surface area contributed by atoms with E-state index < -0.39 is 44.9 Å². The van der Waals surface area contributed by atoms with Crippen molar-refractivity contribution in [3.63, 3.8) is 0 Å². The molecule has 0 saturated carbocycles. The van der Waals surface area contributed by atoms with Crippen LogP contribution < -0.4 is 31.0 Å². The van der Waals surface area contributed by atoms with Gasteiger partial charge in [0, 0.05) is 60.8 Å². The first-order valence-corrected chi connectivity index (χ1v) is 23.8. The van der Waals surface area contributed by atoms with E-state index in [0.717, 1.165) is 10.9 Å². The van der Waals surface area contributed by atoms with Gasteiger partial charge in [0.1, 0.15) is 17.5 Å². The average molecular weight is 937 g/mol. The molecule has 2 amide bonds. The van der Waals surface area contributed by atoms with Gasteiger partial charge in [0.05, 0.1) is 37.1 Å². The predicted octanol–water partition coefficient (Wildman–Crippen LogP) is 6.08. The third-order valence-electron chi connectivity index (χ3n) is 10.0. The van der Waals surface area contributed by atoms with Gasteiger partial charge in [-0.3, -0.25) is 23.5 Å². The van der Waals surface area contributed by atoms with Gasteiger partial charge in [-0.15, -0.1) is 6.42 Å². The summed E-state index contributed by atoms with van der Waals surface area (Å²) >= 11 is 0. The summed E-state index contributed by atoms with van der Waals surface area (Å²) in [6.45, 7) is 6.64. The van der Waals surface area contributed by atoms with Crippen molar-refractivity contribution < 1.29 is 52.0 Å². The highest BCUT2D eigenvalue weighted by atomic mass is 31.2. The number of aromatic hydroxyl groups is 1. The zero-order valence-electron chi connectivity index (χ0n) is 36.8. The number of rotatable bonds is 24. The number of carboxylic acids is 1. The van der Waals surface area contributed by atoms with Crippen LogP contribution in [0.25, 0.3) is 28.0 Å². The number of aromatic amines is 1.